The molecule has 6 nitrogen and oxygen atoms in total. The van der Waals surface area contributed by atoms with E-state index in [0.29, 0.717) is 5.82 Å². The number of rotatable bonds is 5. The van der Waals surface area contributed by atoms with Crippen LogP contribution in [0.25, 0.3) is 11.1 Å². The minimum absolute atomic E-state index is 0.0928. The van der Waals surface area contributed by atoms with Gasteiger partial charge in [0.2, 0.25) is 0 Å². The normalized spacial score (nSPS) is 12.2. The summed E-state index contributed by atoms with van der Waals surface area (Å²) in [6.45, 7) is 2.11. The van der Waals surface area contributed by atoms with E-state index < -0.39 is 0 Å². The van der Waals surface area contributed by atoms with Crippen molar-refractivity contribution in [1.82, 2.24) is 19.3 Å². The molecular formula is C14H16N6S. The van der Waals surface area contributed by atoms with Gasteiger partial charge < -0.3 is 16.0 Å². The maximum Gasteiger partial charge on any atom is 0.147 e. The average Bonchev–Trinajstić information content (AvgIpc) is 3.15. The molecule has 0 radical (unpaired) electrons. The highest BCUT2D eigenvalue weighted by molar-refractivity contribution is 7.11. The number of anilines is 2. The van der Waals surface area contributed by atoms with Crippen molar-refractivity contribution in [2.45, 2.75) is 19.4 Å². The van der Waals surface area contributed by atoms with Crippen LogP contribution in [0, 0.1) is 0 Å². The topological polar surface area (TPSA) is 92.5 Å². The van der Waals surface area contributed by atoms with Gasteiger partial charge in [0.15, 0.2) is 0 Å². The fraction of sp³-hybridized carbons (Fsp3) is 0.214. The molecule has 3 aromatic heterocycles. The van der Waals surface area contributed by atoms with Gasteiger partial charge in [-0.05, 0) is 24.0 Å². The first-order valence-corrected chi connectivity index (χ1v) is 7.48. The Morgan fingerprint density at radius 1 is 1.43 bits per heavy atom. The second kappa shape index (κ2) is 5.92. The van der Waals surface area contributed by atoms with Gasteiger partial charge in [0, 0.05) is 30.4 Å². The summed E-state index contributed by atoms with van der Waals surface area (Å²) in [5.74, 6) is 1.42. The van der Waals surface area contributed by atoms with Crippen molar-refractivity contribution in [2.75, 3.05) is 11.1 Å². The Balaban J connectivity index is 1.93. The van der Waals surface area contributed by atoms with E-state index in [2.05, 4.69) is 31.6 Å². The molecule has 0 fully saturated rings. The summed E-state index contributed by atoms with van der Waals surface area (Å²) in [6, 6.07) is 3.96. The maximum atomic E-state index is 6.02. The van der Waals surface area contributed by atoms with Gasteiger partial charge >= 0.3 is 0 Å². The van der Waals surface area contributed by atoms with Crippen LogP contribution in [0.15, 0.2) is 36.9 Å². The molecule has 0 amide bonds. The number of imidazole rings is 1. The van der Waals surface area contributed by atoms with E-state index in [-0.39, 0.29) is 6.04 Å². The van der Waals surface area contributed by atoms with Gasteiger partial charge in [-0.25, -0.2) is 4.98 Å². The molecule has 0 bridgehead atoms. The summed E-state index contributed by atoms with van der Waals surface area (Å²) >= 11 is 1.36. The molecule has 3 aromatic rings. The zero-order valence-corrected chi connectivity index (χ0v) is 12.4. The number of pyridine rings is 1. The SMILES string of the molecule is CCC(Nc1snc(N)c1-c1cccnc1)c1ncc[nH]1. The molecule has 0 aliphatic carbocycles. The second-order valence-corrected chi connectivity index (χ2v) is 5.37. The lowest BCUT2D eigenvalue weighted by atomic mass is 10.1. The fourth-order valence-electron chi connectivity index (χ4n) is 2.18. The van der Waals surface area contributed by atoms with Gasteiger partial charge in [0.05, 0.1) is 11.6 Å². The zero-order chi connectivity index (χ0) is 14.7. The van der Waals surface area contributed by atoms with Crippen LogP contribution in [0.1, 0.15) is 25.2 Å². The Labute approximate surface area is 126 Å². The van der Waals surface area contributed by atoms with Gasteiger partial charge in [-0.1, -0.05) is 13.0 Å². The van der Waals surface area contributed by atoms with E-state index in [0.717, 1.165) is 28.4 Å². The Kier molecular flexibility index (Phi) is 3.83. The van der Waals surface area contributed by atoms with Crippen LogP contribution in [0.4, 0.5) is 10.8 Å². The lowest BCUT2D eigenvalue weighted by Crippen LogP contribution is -2.11. The van der Waals surface area contributed by atoms with Crippen LogP contribution in [0.2, 0.25) is 0 Å². The molecule has 0 aromatic carbocycles. The number of nitrogens with one attached hydrogen (secondary N) is 2. The Morgan fingerprint density at radius 3 is 3.00 bits per heavy atom. The first-order chi connectivity index (χ1) is 10.3. The molecule has 4 N–H and O–H groups in total. The van der Waals surface area contributed by atoms with Crippen LogP contribution in [-0.2, 0) is 0 Å². The molecule has 108 valence electrons. The van der Waals surface area contributed by atoms with Crippen LogP contribution >= 0.6 is 11.5 Å². The molecule has 1 unspecified atom stereocenters. The number of nitrogens with zero attached hydrogens (tertiary/aromatic N) is 3. The molecule has 3 rings (SSSR count). The monoisotopic (exact) mass is 300 g/mol. The molecule has 3 heterocycles. The summed E-state index contributed by atoms with van der Waals surface area (Å²) in [4.78, 5) is 11.6. The number of hydrogen-bond acceptors (Lipinski definition) is 6. The Bertz CT molecular complexity index is 692. The Hall–Kier alpha value is -2.41. The van der Waals surface area contributed by atoms with Crippen molar-refractivity contribution in [3.63, 3.8) is 0 Å². The van der Waals surface area contributed by atoms with Crippen molar-refractivity contribution in [2.24, 2.45) is 0 Å². The number of H-pyrrole nitrogens is 1. The van der Waals surface area contributed by atoms with Crippen LogP contribution in [0.5, 0.6) is 0 Å². The van der Waals surface area contributed by atoms with Crippen molar-refractivity contribution < 1.29 is 0 Å². The Morgan fingerprint density at radius 2 is 2.33 bits per heavy atom. The summed E-state index contributed by atoms with van der Waals surface area (Å²) in [7, 11) is 0. The zero-order valence-electron chi connectivity index (χ0n) is 11.6. The molecule has 0 spiro atoms. The van der Waals surface area contributed by atoms with Crippen molar-refractivity contribution in [3.8, 4) is 11.1 Å². The summed E-state index contributed by atoms with van der Waals surface area (Å²) in [5, 5.41) is 4.41. The number of aromatic amines is 1. The maximum absolute atomic E-state index is 6.02. The summed E-state index contributed by atoms with van der Waals surface area (Å²) in [5.41, 5.74) is 7.88. The molecule has 0 saturated carbocycles. The highest BCUT2D eigenvalue weighted by atomic mass is 32.1. The minimum atomic E-state index is 0.0928. The van der Waals surface area contributed by atoms with Gasteiger partial charge in [0.1, 0.15) is 16.6 Å². The van der Waals surface area contributed by atoms with E-state index >= 15 is 0 Å². The van der Waals surface area contributed by atoms with Crippen LogP contribution in [0.3, 0.4) is 0 Å². The molecule has 0 aliphatic rings. The molecule has 0 saturated heterocycles. The first-order valence-electron chi connectivity index (χ1n) is 6.71. The predicted octanol–water partition coefficient (Wildman–Crippen LogP) is 3.07. The standard InChI is InChI=1S/C14H16N6S/c1-2-10(13-17-6-7-18-13)19-14-11(12(15)20-21-14)9-4-3-5-16-8-9/h3-8,10,19H,2H2,1H3,(H2,15,20)(H,17,18). The van der Waals surface area contributed by atoms with E-state index in [4.69, 9.17) is 5.73 Å². The highest BCUT2D eigenvalue weighted by Gasteiger charge is 2.18. The lowest BCUT2D eigenvalue weighted by molar-refractivity contribution is 0.706. The number of nitrogens with two attached hydrogens (primary N) is 1. The first kappa shape index (κ1) is 13.6. The van der Waals surface area contributed by atoms with E-state index in [1.54, 1.807) is 18.6 Å². The van der Waals surface area contributed by atoms with E-state index in [9.17, 15) is 0 Å². The molecular weight excluding hydrogens is 284 g/mol. The third-order valence-electron chi connectivity index (χ3n) is 3.23. The third-order valence-corrected chi connectivity index (χ3v) is 4.02. The summed E-state index contributed by atoms with van der Waals surface area (Å²) < 4.78 is 4.26. The van der Waals surface area contributed by atoms with Crippen LogP contribution in [-0.4, -0.2) is 19.3 Å². The highest BCUT2D eigenvalue weighted by Crippen LogP contribution is 2.38. The van der Waals surface area contributed by atoms with Crippen molar-refractivity contribution in [3.05, 3.63) is 42.7 Å². The van der Waals surface area contributed by atoms with Gasteiger partial charge in [-0.15, -0.1) is 0 Å². The van der Waals surface area contributed by atoms with E-state index in [1.807, 2.05) is 18.3 Å². The molecule has 21 heavy (non-hydrogen) atoms. The average molecular weight is 300 g/mol. The molecule has 0 aliphatic heterocycles. The van der Waals surface area contributed by atoms with Gasteiger partial charge in [0.25, 0.3) is 0 Å². The number of aromatic nitrogens is 4. The van der Waals surface area contributed by atoms with Crippen molar-refractivity contribution >= 4 is 22.4 Å². The lowest BCUT2D eigenvalue weighted by Gasteiger charge is -2.15. The van der Waals surface area contributed by atoms with Gasteiger partial charge in [-0.3, -0.25) is 4.98 Å². The summed E-state index contributed by atoms with van der Waals surface area (Å²) in [6.07, 6.45) is 8.01. The second-order valence-electron chi connectivity index (χ2n) is 4.59. The fourth-order valence-corrected chi connectivity index (χ4v) is 2.97. The molecule has 1 atom stereocenters. The number of nitrogen functional groups attached to an aromatic ring is 1. The van der Waals surface area contributed by atoms with Crippen LogP contribution < -0.4 is 11.1 Å². The quantitative estimate of drug-likeness (QED) is 0.673. The largest absolute Gasteiger partial charge is 0.382 e. The van der Waals surface area contributed by atoms with Crippen molar-refractivity contribution in [1.29, 1.82) is 0 Å². The third kappa shape index (κ3) is 2.73. The van der Waals surface area contributed by atoms with E-state index in [1.165, 1.54) is 11.5 Å². The molecule has 7 heteroatoms. The number of hydrogen-bond donors (Lipinski definition) is 3. The predicted molar refractivity (Wildman–Crippen MR) is 85.0 cm³/mol. The minimum Gasteiger partial charge on any atom is -0.382 e. The smallest absolute Gasteiger partial charge is 0.147 e. The van der Waals surface area contributed by atoms with Gasteiger partial charge in [-0.2, -0.15) is 4.37 Å².